The third-order valence-electron chi connectivity index (χ3n) is 2.42. The molecule has 0 amide bonds. The first-order valence-electron chi connectivity index (χ1n) is 4.90. The lowest BCUT2D eigenvalue weighted by Gasteiger charge is -2.28. The van der Waals surface area contributed by atoms with E-state index in [0.29, 0.717) is 12.2 Å². The van der Waals surface area contributed by atoms with Gasteiger partial charge in [0.2, 0.25) is 0 Å². The molecule has 0 aliphatic heterocycles. The molecule has 1 rings (SSSR count). The van der Waals surface area contributed by atoms with Crippen molar-refractivity contribution in [3.63, 3.8) is 0 Å². The van der Waals surface area contributed by atoms with Crippen LogP contribution in [0.1, 0.15) is 39.5 Å². The van der Waals surface area contributed by atoms with Crippen LogP contribution in [0.4, 0.5) is 0 Å². The van der Waals surface area contributed by atoms with Gasteiger partial charge in [-0.2, -0.15) is 11.8 Å². The molecule has 0 saturated heterocycles. The van der Waals surface area contributed by atoms with Gasteiger partial charge in [-0.1, -0.05) is 0 Å². The Balaban J connectivity index is 2.17. The quantitative estimate of drug-likeness (QED) is 0.673. The number of hydrogen-bond acceptors (Lipinski definition) is 2. The second kappa shape index (κ2) is 5.13. The molecule has 1 aliphatic carbocycles. The van der Waals surface area contributed by atoms with Crippen LogP contribution in [0.2, 0.25) is 0 Å². The lowest BCUT2D eigenvalue weighted by molar-refractivity contribution is -0.0109. The highest BCUT2D eigenvalue weighted by atomic mass is 32.2. The fourth-order valence-corrected chi connectivity index (χ4v) is 2.53. The molecular weight excluding hydrogens is 168 g/mol. The van der Waals surface area contributed by atoms with Gasteiger partial charge in [-0.15, -0.1) is 0 Å². The molecule has 0 spiro atoms. The molecule has 1 nitrogen and oxygen atoms in total. The summed E-state index contributed by atoms with van der Waals surface area (Å²) in [6, 6.07) is 0. The van der Waals surface area contributed by atoms with Crippen LogP contribution in [0.5, 0.6) is 0 Å². The Morgan fingerprint density at radius 2 is 1.75 bits per heavy atom. The molecule has 12 heavy (non-hydrogen) atoms. The van der Waals surface area contributed by atoms with Gasteiger partial charge in [0.25, 0.3) is 0 Å². The molecule has 0 aromatic heterocycles. The Bertz CT molecular complexity index is 117. The molecule has 0 radical (unpaired) electrons. The third-order valence-corrected chi connectivity index (χ3v) is 3.56. The van der Waals surface area contributed by atoms with Crippen molar-refractivity contribution in [2.24, 2.45) is 0 Å². The molecule has 0 atom stereocenters. The van der Waals surface area contributed by atoms with Crippen LogP contribution in [0.25, 0.3) is 0 Å². The average molecular weight is 188 g/mol. The number of rotatable bonds is 3. The average Bonchev–Trinajstić information content (AvgIpc) is 2.05. The predicted molar refractivity (Wildman–Crippen MR) is 55.8 cm³/mol. The highest BCUT2D eigenvalue weighted by molar-refractivity contribution is 7.99. The lowest BCUT2D eigenvalue weighted by Crippen LogP contribution is -2.25. The molecule has 1 saturated carbocycles. The first-order valence-corrected chi connectivity index (χ1v) is 6.19. The molecule has 0 N–H and O–H groups in total. The van der Waals surface area contributed by atoms with Crippen LogP contribution in [0.15, 0.2) is 0 Å². The summed E-state index contributed by atoms with van der Waals surface area (Å²) >= 11 is 2.01. The van der Waals surface area contributed by atoms with E-state index >= 15 is 0 Å². The van der Waals surface area contributed by atoms with E-state index in [1.54, 1.807) is 0 Å². The topological polar surface area (TPSA) is 9.23 Å². The summed E-state index contributed by atoms with van der Waals surface area (Å²) in [5, 5.41) is 0.900. The molecule has 72 valence electrons. The maximum absolute atomic E-state index is 5.77. The molecule has 1 aliphatic rings. The maximum Gasteiger partial charge on any atom is 0.0579 e. The largest absolute Gasteiger partial charge is 0.376 e. The first-order chi connectivity index (χ1) is 5.72. The second-order valence-corrected chi connectivity index (χ2v) is 4.96. The Morgan fingerprint density at radius 3 is 2.17 bits per heavy atom. The summed E-state index contributed by atoms with van der Waals surface area (Å²) in [7, 11) is 0. The summed E-state index contributed by atoms with van der Waals surface area (Å²) in [4.78, 5) is 0. The maximum atomic E-state index is 5.77. The molecule has 0 aromatic rings. The SMILES string of the molecule is CS[C@H]1CC[C@H](OC(C)C)CC1. The second-order valence-electron chi connectivity index (χ2n) is 3.82. The van der Waals surface area contributed by atoms with Crippen molar-refractivity contribution in [1.82, 2.24) is 0 Å². The number of hydrogen-bond donors (Lipinski definition) is 0. The summed E-state index contributed by atoms with van der Waals surface area (Å²) in [5.74, 6) is 0. The van der Waals surface area contributed by atoms with Gasteiger partial charge >= 0.3 is 0 Å². The minimum Gasteiger partial charge on any atom is -0.376 e. The minimum atomic E-state index is 0.404. The van der Waals surface area contributed by atoms with E-state index in [4.69, 9.17) is 4.74 Å². The Hall–Kier alpha value is 0.310. The zero-order valence-corrected chi connectivity index (χ0v) is 9.19. The van der Waals surface area contributed by atoms with E-state index in [9.17, 15) is 0 Å². The van der Waals surface area contributed by atoms with Crippen molar-refractivity contribution in [3.8, 4) is 0 Å². The molecule has 0 aromatic carbocycles. The van der Waals surface area contributed by atoms with E-state index < -0.39 is 0 Å². The molecule has 0 unspecified atom stereocenters. The summed E-state index contributed by atoms with van der Waals surface area (Å²) in [5.41, 5.74) is 0. The highest BCUT2D eigenvalue weighted by Crippen LogP contribution is 2.28. The van der Waals surface area contributed by atoms with E-state index in [2.05, 4.69) is 20.1 Å². The predicted octanol–water partition coefficient (Wildman–Crippen LogP) is 3.09. The van der Waals surface area contributed by atoms with Crippen LogP contribution < -0.4 is 0 Å². The van der Waals surface area contributed by atoms with Gasteiger partial charge in [-0.3, -0.25) is 0 Å². The van der Waals surface area contributed by atoms with Gasteiger partial charge in [-0.05, 0) is 45.8 Å². The van der Waals surface area contributed by atoms with Crippen LogP contribution in [0, 0.1) is 0 Å². The van der Waals surface area contributed by atoms with Crippen LogP contribution in [-0.4, -0.2) is 23.7 Å². The monoisotopic (exact) mass is 188 g/mol. The molecule has 0 bridgehead atoms. The third kappa shape index (κ3) is 3.36. The van der Waals surface area contributed by atoms with Gasteiger partial charge in [0, 0.05) is 5.25 Å². The number of thioether (sulfide) groups is 1. The first kappa shape index (κ1) is 10.4. The van der Waals surface area contributed by atoms with Crippen LogP contribution in [0.3, 0.4) is 0 Å². The Labute approximate surface area is 80.3 Å². The van der Waals surface area contributed by atoms with E-state index in [1.807, 2.05) is 11.8 Å². The summed E-state index contributed by atoms with van der Waals surface area (Å²) in [6.07, 6.45) is 8.40. The fraction of sp³-hybridized carbons (Fsp3) is 1.00. The van der Waals surface area contributed by atoms with E-state index in [-0.39, 0.29) is 0 Å². The molecule has 0 heterocycles. The van der Waals surface area contributed by atoms with Gasteiger partial charge in [0.15, 0.2) is 0 Å². The summed E-state index contributed by atoms with van der Waals surface area (Å²) < 4.78 is 5.77. The molecule has 1 fully saturated rings. The lowest BCUT2D eigenvalue weighted by atomic mass is 9.97. The van der Waals surface area contributed by atoms with E-state index in [0.717, 1.165) is 5.25 Å². The van der Waals surface area contributed by atoms with Crippen molar-refractivity contribution in [2.75, 3.05) is 6.26 Å². The van der Waals surface area contributed by atoms with Crippen LogP contribution in [-0.2, 0) is 4.74 Å². The van der Waals surface area contributed by atoms with Gasteiger partial charge in [0.1, 0.15) is 0 Å². The van der Waals surface area contributed by atoms with Gasteiger partial charge < -0.3 is 4.74 Å². The van der Waals surface area contributed by atoms with Crippen molar-refractivity contribution >= 4 is 11.8 Å². The Kier molecular flexibility index (Phi) is 4.44. The Morgan fingerprint density at radius 1 is 1.17 bits per heavy atom. The van der Waals surface area contributed by atoms with E-state index in [1.165, 1.54) is 25.7 Å². The zero-order chi connectivity index (χ0) is 8.97. The van der Waals surface area contributed by atoms with Crippen LogP contribution >= 0.6 is 11.8 Å². The fourth-order valence-electron chi connectivity index (χ4n) is 1.79. The van der Waals surface area contributed by atoms with Crippen molar-refractivity contribution < 1.29 is 4.74 Å². The smallest absolute Gasteiger partial charge is 0.0579 e. The zero-order valence-electron chi connectivity index (χ0n) is 8.38. The van der Waals surface area contributed by atoms with Crippen molar-refractivity contribution in [2.45, 2.75) is 57.0 Å². The van der Waals surface area contributed by atoms with Gasteiger partial charge in [-0.25, -0.2) is 0 Å². The highest BCUT2D eigenvalue weighted by Gasteiger charge is 2.21. The standard InChI is InChI=1S/C10H20OS/c1-8(2)11-9-4-6-10(12-3)7-5-9/h8-10H,4-7H2,1-3H3/t9-,10-. The summed E-state index contributed by atoms with van der Waals surface area (Å²) in [6.45, 7) is 4.25. The van der Waals surface area contributed by atoms with Gasteiger partial charge in [0.05, 0.1) is 12.2 Å². The normalized spacial score (nSPS) is 31.0. The number of ether oxygens (including phenoxy) is 1. The van der Waals surface area contributed by atoms with Crippen molar-refractivity contribution in [1.29, 1.82) is 0 Å². The molecule has 2 heteroatoms. The van der Waals surface area contributed by atoms with Crippen molar-refractivity contribution in [3.05, 3.63) is 0 Å². The minimum absolute atomic E-state index is 0.404. The molecular formula is C10H20OS.